The number of hydrogen-bond acceptors (Lipinski definition) is 3. The van der Waals surface area contributed by atoms with Gasteiger partial charge in [0.1, 0.15) is 5.82 Å². The Kier molecular flexibility index (Phi) is 4.31. The summed E-state index contributed by atoms with van der Waals surface area (Å²) in [5, 5.41) is 8.90. The molecule has 1 aliphatic rings. The van der Waals surface area contributed by atoms with E-state index in [1.165, 1.54) is 12.1 Å². The molecule has 4 nitrogen and oxygen atoms in total. The van der Waals surface area contributed by atoms with Gasteiger partial charge in [0, 0.05) is 24.1 Å². The first-order valence-electron chi connectivity index (χ1n) is 5.57. The maximum atomic E-state index is 13.1. The number of carbonyl (C=O) groups is 1. The van der Waals surface area contributed by atoms with Crippen molar-refractivity contribution in [2.45, 2.75) is 12.6 Å². The molecule has 18 heavy (non-hydrogen) atoms. The van der Waals surface area contributed by atoms with Gasteiger partial charge in [-0.3, -0.25) is 4.90 Å². The third kappa shape index (κ3) is 3.28. The maximum Gasteiger partial charge on any atom is 0.334 e. The summed E-state index contributed by atoms with van der Waals surface area (Å²) in [6.07, 6.45) is -0.800. The zero-order valence-electron chi connectivity index (χ0n) is 9.60. The molecule has 1 N–H and O–H groups in total. The first kappa shape index (κ1) is 13.5. The highest BCUT2D eigenvalue weighted by Crippen LogP contribution is 2.20. The van der Waals surface area contributed by atoms with Crippen molar-refractivity contribution in [1.29, 1.82) is 0 Å². The molecule has 6 heteroatoms. The molecular weight excluding hydrogens is 305 g/mol. The summed E-state index contributed by atoms with van der Waals surface area (Å²) in [7, 11) is 0. The fraction of sp³-hybridized carbons (Fsp3) is 0.417. The Morgan fingerprint density at radius 1 is 1.61 bits per heavy atom. The van der Waals surface area contributed by atoms with Gasteiger partial charge in [-0.15, -0.1) is 0 Å². The van der Waals surface area contributed by atoms with Crippen LogP contribution < -0.4 is 0 Å². The van der Waals surface area contributed by atoms with E-state index in [1.54, 1.807) is 6.07 Å². The van der Waals surface area contributed by atoms with Gasteiger partial charge in [-0.2, -0.15) is 0 Å². The van der Waals surface area contributed by atoms with Gasteiger partial charge in [0.15, 0.2) is 6.10 Å². The molecule has 1 atom stereocenters. The summed E-state index contributed by atoms with van der Waals surface area (Å²) in [5.41, 5.74) is 0.807. The van der Waals surface area contributed by atoms with E-state index in [0.717, 1.165) is 10.0 Å². The van der Waals surface area contributed by atoms with Crippen molar-refractivity contribution in [3.63, 3.8) is 0 Å². The SMILES string of the molecule is O=C(O)C1CN(Cc2cc(F)ccc2Br)CCO1. The highest BCUT2D eigenvalue weighted by molar-refractivity contribution is 9.10. The van der Waals surface area contributed by atoms with E-state index in [2.05, 4.69) is 15.9 Å². The Morgan fingerprint density at radius 2 is 2.39 bits per heavy atom. The monoisotopic (exact) mass is 317 g/mol. The van der Waals surface area contributed by atoms with Gasteiger partial charge in [-0.05, 0) is 23.8 Å². The van der Waals surface area contributed by atoms with Crippen LogP contribution in [0.25, 0.3) is 0 Å². The lowest BCUT2D eigenvalue weighted by atomic mass is 10.2. The Morgan fingerprint density at radius 3 is 3.11 bits per heavy atom. The van der Waals surface area contributed by atoms with Crippen molar-refractivity contribution in [1.82, 2.24) is 4.90 Å². The van der Waals surface area contributed by atoms with Gasteiger partial charge in [0.05, 0.1) is 6.61 Å². The van der Waals surface area contributed by atoms with Gasteiger partial charge < -0.3 is 9.84 Å². The van der Waals surface area contributed by atoms with Crippen LogP contribution >= 0.6 is 15.9 Å². The van der Waals surface area contributed by atoms with Crippen LogP contribution in [0, 0.1) is 5.82 Å². The van der Waals surface area contributed by atoms with Crippen LogP contribution in [0.15, 0.2) is 22.7 Å². The molecule has 1 saturated heterocycles. The normalized spacial score (nSPS) is 20.9. The number of carboxylic acid groups (broad SMARTS) is 1. The summed E-state index contributed by atoms with van der Waals surface area (Å²) in [5.74, 6) is -1.26. The van der Waals surface area contributed by atoms with E-state index in [9.17, 15) is 9.18 Å². The predicted molar refractivity (Wildman–Crippen MR) is 66.8 cm³/mol. The second kappa shape index (κ2) is 5.77. The minimum atomic E-state index is -0.960. The maximum absolute atomic E-state index is 13.1. The minimum Gasteiger partial charge on any atom is -0.479 e. The molecule has 1 aromatic carbocycles. The molecule has 1 unspecified atom stereocenters. The molecule has 1 aliphatic heterocycles. The zero-order chi connectivity index (χ0) is 13.1. The molecule has 0 bridgehead atoms. The number of benzene rings is 1. The van der Waals surface area contributed by atoms with E-state index in [0.29, 0.717) is 26.2 Å². The highest BCUT2D eigenvalue weighted by atomic mass is 79.9. The Hall–Kier alpha value is -0.980. The number of aliphatic carboxylic acids is 1. The molecule has 0 radical (unpaired) electrons. The largest absolute Gasteiger partial charge is 0.479 e. The minimum absolute atomic E-state index is 0.295. The van der Waals surface area contributed by atoms with Gasteiger partial charge >= 0.3 is 5.97 Å². The zero-order valence-corrected chi connectivity index (χ0v) is 11.2. The molecule has 0 spiro atoms. The number of carboxylic acids is 1. The van der Waals surface area contributed by atoms with Gasteiger partial charge in [-0.1, -0.05) is 15.9 Å². The lowest BCUT2D eigenvalue weighted by Crippen LogP contribution is -2.45. The summed E-state index contributed by atoms with van der Waals surface area (Å²) >= 11 is 3.36. The predicted octanol–water partition coefficient (Wildman–Crippen LogP) is 1.87. The molecule has 1 aromatic rings. The van der Waals surface area contributed by atoms with Gasteiger partial charge in [-0.25, -0.2) is 9.18 Å². The van der Waals surface area contributed by atoms with E-state index < -0.39 is 12.1 Å². The van der Waals surface area contributed by atoms with Crippen molar-refractivity contribution < 1.29 is 19.0 Å². The standard InChI is InChI=1S/C12H13BrFNO3/c13-10-2-1-9(14)5-8(10)6-15-3-4-18-11(7-15)12(16)17/h1-2,5,11H,3-4,6-7H2,(H,16,17). The Balaban J connectivity index is 2.04. The fourth-order valence-corrected chi connectivity index (χ4v) is 2.27. The van der Waals surface area contributed by atoms with E-state index in [-0.39, 0.29) is 5.82 Å². The molecule has 1 fully saturated rings. The molecule has 0 aromatic heterocycles. The quantitative estimate of drug-likeness (QED) is 0.924. The van der Waals surface area contributed by atoms with Crippen molar-refractivity contribution in [3.8, 4) is 0 Å². The lowest BCUT2D eigenvalue weighted by Gasteiger charge is -2.31. The van der Waals surface area contributed by atoms with E-state index in [4.69, 9.17) is 9.84 Å². The number of morpholine rings is 1. The van der Waals surface area contributed by atoms with Crippen molar-refractivity contribution in [3.05, 3.63) is 34.1 Å². The van der Waals surface area contributed by atoms with Crippen molar-refractivity contribution in [2.24, 2.45) is 0 Å². The summed E-state index contributed by atoms with van der Waals surface area (Å²) in [6, 6.07) is 4.49. The smallest absolute Gasteiger partial charge is 0.334 e. The topological polar surface area (TPSA) is 49.8 Å². The molecule has 0 aliphatic carbocycles. The van der Waals surface area contributed by atoms with E-state index >= 15 is 0 Å². The molecule has 0 amide bonds. The van der Waals surface area contributed by atoms with Crippen molar-refractivity contribution >= 4 is 21.9 Å². The Labute approximate surface area is 112 Å². The lowest BCUT2D eigenvalue weighted by molar-refractivity contribution is -0.156. The summed E-state index contributed by atoms with van der Waals surface area (Å²) < 4.78 is 19.1. The summed E-state index contributed by atoms with van der Waals surface area (Å²) in [6.45, 7) is 1.85. The summed E-state index contributed by atoms with van der Waals surface area (Å²) in [4.78, 5) is 12.8. The first-order valence-corrected chi connectivity index (χ1v) is 6.36. The molecule has 0 saturated carbocycles. The second-order valence-corrected chi connectivity index (χ2v) is 5.02. The van der Waals surface area contributed by atoms with Crippen LogP contribution in [0.2, 0.25) is 0 Å². The Bertz CT molecular complexity index is 455. The number of hydrogen-bond donors (Lipinski definition) is 1. The average Bonchev–Trinajstić information content (AvgIpc) is 2.34. The van der Waals surface area contributed by atoms with Gasteiger partial charge in [0.2, 0.25) is 0 Å². The van der Waals surface area contributed by atoms with Crippen molar-refractivity contribution in [2.75, 3.05) is 19.7 Å². The van der Waals surface area contributed by atoms with Crippen LogP contribution in [0.4, 0.5) is 4.39 Å². The van der Waals surface area contributed by atoms with Crippen LogP contribution in [0.3, 0.4) is 0 Å². The molecule has 1 heterocycles. The average molecular weight is 318 g/mol. The number of rotatable bonds is 3. The van der Waals surface area contributed by atoms with Crippen LogP contribution in [0.5, 0.6) is 0 Å². The van der Waals surface area contributed by atoms with Crippen LogP contribution in [0.1, 0.15) is 5.56 Å². The third-order valence-electron chi connectivity index (χ3n) is 2.83. The van der Waals surface area contributed by atoms with Crippen LogP contribution in [-0.2, 0) is 16.1 Å². The van der Waals surface area contributed by atoms with Crippen LogP contribution in [-0.4, -0.2) is 41.8 Å². The third-order valence-corrected chi connectivity index (χ3v) is 3.60. The number of nitrogens with zero attached hydrogens (tertiary/aromatic N) is 1. The molecule has 98 valence electrons. The first-order chi connectivity index (χ1) is 8.56. The highest BCUT2D eigenvalue weighted by Gasteiger charge is 2.26. The number of halogens is 2. The molecular formula is C12H13BrFNO3. The molecule has 2 rings (SSSR count). The number of ether oxygens (including phenoxy) is 1. The van der Waals surface area contributed by atoms with E-state index in [1.807, 2.05) is 4.90 Å². The second-order valence-electron chi connectivity index (χ2n) is 4.17. The van der Waals surface area contributed by atoms with Gasteiger partial charge in [0.25, 0.3) is 0 Å². The fourth-order valence-electron chi connectivity index (χ4n) is 1.90.